The first-order valence-electron chi connectivity index (χ1n) is 4.69. The number of Topliss-reactive ketones (excluding diaryl/α,β-unsaturated/α-hetero) is 2. The van der Waals surface area contributed by atoms with Crippen LogP contribution in [0.1, 0.15) is 0 Å². The van der Waals surface area contributed by atoms with Crippen LogP contribution in [0.3, 0.4) is 0 Å². The summed E-state index contributed by atoms with van der Waals surface area (Å²) in [6.07, 6.45) is 5.64. The molecule has 0 aromatic carbocycles. The Labute approximate surface area is 94.7 Å². The van der Waals surface area contributed by atoms with Gasteiger partial charge < -0.3 is 0 Å². The molecule has 0 heterocycles. The average molecular weight is 212 g/mol. The highest BCUT2D eigenvalue weighted by Gasteiger charge is 2.30. The van der Waals surface area contributed by atoms with Crippen molar-refractivity contribution in [3.63, 3.8) is 0 Å². The van der Waals surface area contributed by atoms with Gasteiger partial charge in [0.15, 0.2) is 11.6 Å². The second-order valence-corrected chi connectivity index (χ2v) is 3.19. The van der Waals surface area contributed by atoms with E-state index < -0.39 is 0 Å². The largest absolute Gasteiger partial charge is 0.289 e. The molecule has 1 aliphatic rings. The van der Waals surface area contributed by atoms with Crippen molar-refractivity contribution in [3.05, 3.63) is 72.9 Å². The van der Waals surface area contributed by atoms with Crippen molar-refractivity contribution in [3.8, 4) is 0 Å². The van der Waals surface area contributed by atoms with Gasteiger partial charge in [0.2, 0.25) is 0 Å². The maximum atomic E-state index is 12.0. The predicted molar refractivity (Wildman–Crippen MR) is 64.9 cm³/mol. The van der Waals surface area contributed by atoms with Crippen LogP contribution in [-0.4, -0.2) is 11.6 Å². The van der Waals surface area contributed by atoms with Crippen LogP contribution >= 0.6 is 0 Å². The van der Waals surface area contributed by atoms with Crippen LogP contribution in [0.15, 0.2) is 72.9 Å². The maximum absolute atomic E-state index is 12.0. The summed E-state index contributed by atoms with van der Waals surface area (Å²) in [4.78, 5) is 23.8. The van der Waals surface area contributed by atoms with Crippen molar-refractivity contribution < 1.29 is 9.59 Å². The van der Waals surface area contributed by atoms with E-state index in [9.17, 15) is 9.59 Å². The zero-order chi connectivity index (χ0) is 12.3. The Morgan fingerprint density at radius 2 is 1.38 bits per heavy atom. The lowest BCUT2D eigenvalue weighted by molar-refractivity contribution is -0.116. The number of hydrogen-bond donors (Lipinski definition) is 0. The summed E-state index contributed by atoms with van der Waals surface area (Å²) in [5, 5.41) is 0. The number of carbonyl (C=O) groups excluding carboxylic acids is 2. The van der Waals surface area contributed by atoms with Crippen LogP contribution in [0.25, 0.3) is 0 Å². The lowest BCUT2D eigenvalue weighted by atomic mass is 9.82. The number of allylic oxidation sites excluding steroid dienone is 8. The van der Waals surface area contributed by atoms with Gasteiger partial charge in [-0.1, -0.05) is 50.6 Å². The summed E-state index contributed by atoms with van der Waals surface area (Å²) < 4.78 is 0. The van der Waals surface area contributed by atoms with Crippen LogP contribution < -0.4 is 0 Å². The molecular formula is C14H12O2. The third-order valence-electron chi connectivity index (χ3n) is 2.32. The highest BCUT2D eigenvalue weighted by atomic mass is 16.1. The van der Waals surface area contributed by atoms with Gasteiger partial charge in [0.05, 0.1) is 0 Å². The summed E-state index contributed by atoms with van der Waals surface area (Å²) in [6.45, 7) is 14.1. The Morgan fingerprint density at radius 3 is 1.81 bits per heavy atom. The minimum absolute atomic E-state index is 0.172. The fraction of sp³-hybridized carbons (Fsp3) is 0. The van der Waals surface area contributed by atoms with Crippen molar-refractivity contribution in [2.24, 2.45) is 0 Å². The van der Waals surface area contributed by atoms with Crippen LogP contribution in [0.5, 0.6) is 0 Å². The first-order valence-corrected chi connectivity index (χ1v) is 4.69. The quantitative estimate of drug-likeness (QED) is 0.673. The number of ketones is 2. The lowest BCUT2D eigenvalue weighted by Crippen LogP contribution is -2.22. The molecule has 0 atom stereocenters. The molecule has 2 heteroatoms. The van der Waals surface area contributed by atoms with Gasteiger partial charge in [-0.15, -0.1) is 0 Å². The minimum Gasteiger partial charge on any atom is -0.289 e. The summed E-state index contributed by atoms with van der Waals surface area (Å²) in [7, 11) is 0. The molecule has 0 amide bonds. The van der Waals surface area contributed by atoms with E-state index in [0.29, 0.717) is 0 Å². The van der Waals surface area contributed by atoms with E-state index in [4.69, 9.17) is 0 Å². The van der Waals surface area contributed by atoms with E-state index in [1.807, 2.05) is 0 Å². The van der Waals surface area contributed by atoms with Crippen LogP contribution in [0.4, 0.5) is 0 Å². The van der Waals surface area contributed by atoms with E-state index in [0.717, 1.165) is 0 Å². The Kier molecular flexibility index (Phi) is 3.36. The molecular weight excluding hydrogens is 200 g/mol. The number of carbonyl (C=O) groups is 2. The average Bonchev–Trinajstić information content (AvgIpc) is 2.29. The third-order valence-corrected chi connectivity index (χ3v) is 2.32. The molecule has 0 bridgehead atoms. The van der Waals surface area contributed by atoms with Gasteiger partial charge in [0.1, 0.15) is 0 Å². The second-order valence-electron chi connectivity index (χ2n) is 3.19. The standard InChI is InChI=1S/C14H12O2/c1-5-8-12-9(4)13(15)10(6-2)11(7-3)14(12)16/h5-8H,1-4H2/b12-8+. The molecule has 0 aliphatic heterocycles. The molecule has 0 N–H and O–H groups in total. The Balaban J connectivity index is 3.54. The monoisotopic (exact) mass is 212 g/mol. The molecule has 0 saturated heterocycles. The maximum Gasteiger partial charge on any atom is 0.194 e. The van der Waals surface area contributed by atoms with E-state index in [1.54, 1.807) is 0 Å². The van der Waals surface area contributed by atoms with Gasteiger partial charge in [-0.2, -0.15) is 0 Å². The Hall–Kier alpha value is -2.22. The molecule has 2 nitrogen and oxygen atoms in total. The van der Waals surface area contributed by atoms with Gasteiger partial charge >= 0.3 is 0 Å². The summed E-state index contributed by atoms with van der Waals surface area (Å²) in [6, 6.07) is 0. The van der Waals surface area contributed by atoms with Crippen LogP contribution in [0.2, 0.25) is 0 Å². The molecule has 1 aliphatic carbocycles. The van der Waals surface area contributed by atoms with E-state index in [2.05, 4.69) is 26.3 Å². The zero-order valence-electron chi connectivity index (χ0n) is 8.95. The number of rotatable bonds is 3. The molecule has 0 radical (unpaired) electrons. The van der Waals surface area contributed by atoms with Gasteiger partial charge in [0.25, 0.3) is 0 Å². The molecule has 0 unspecified atom stereocenters. The summed E-state index contributed by atoms with van der Waals surface area (Å²) >= 11 is 0. The van der Waals surface area contributed by atoms with Crippen molar-refractivity contribution in [1.29, 1.82) is 0 Å². The van der Waals surface area contributed by atoms with Crippen molar-refractivity contribution in [2.45, 2.75) is 0 Å². The van der Waals surface area contributed by atoms with E-state index in [-0.39, 0.29) is 33.9 Å². The first-order chi connectivity index (χ1) is 7.58. The molecule has 0 aromatic rings. The van der Waals surface area contributed by atoms with Crippen molar-refractivity contribution >= 4 is 11.6 Å². The Bertz CT molecular complexity index is 485. The fourth-order valence-corrected chi connectivity index (χ4v) is 1.51. The molecule has 0 aromatic heterocycles. The minimum atomic E-state index is -0.294. The molecule has 16 heavy (non-hydrogen) atoms. The van der Waals surface area contributed by atoms with Gasteiger partial charge in [-0.25, -0.2) is 0 Å². The highest BCUT2D eigenvalue weighted by Crippen LogP contribution is 2.28. The first kappa shape index (κ1) is 11.9. The third kappa shape index (κ3) is 1.65. The van der Waals surface area contributed by atoms with Crippen LogP contribution in [-0.2, 0) is 9.59 Å². The molecule has 0 saturated carbocycles. The predicted octanol–water partition coefficient (Wildman–Crippen LogP) is 2.48. The van der Waals surface area contributed by atoms with Gasteiger partial charge in [-0.3, -0.25) is 9.59 Å². The normalized spacial score (nSPS) is 19.0. The second kappa shape index (κ2) is 4.53. The number of hydrogen-bond acceptors (Lipinski definition) is 2. The smallest absolute Gasteiger partial charge is 0.194 e. The molecule has 0 fully saturated rings. The lowest BCUT2D eigenvalue weighted by Gasteiger charge is -2.18. The fourth-order valence-electron chi connectivity index (χ4n) is 1.51. The van der Waals surface area contributed by atoms with E-state index >= 15 is 0 Å². The molecule has 1 rings (SSSR count). The SMILES string of the molecule is C=C/C=C1\C(=C)C(=O)C(C=C)=C(C=C)C1=O. The zero-order valence-corrected chi connectivity index (χ0v) is 8.95. The van der Waals surface area contributed by atoms with Crippen molar-refractivity contribution in [1.82, 2.24) is 0 Å². The highest BCUT2D eigenvalue weighted by molar-refractivity contribution is 6.31. The van der Waals surface area contributed by atoms with Gasteiger partial charge in [0, 0.05) is 22.3 Å². The molecule has 0 spiro atoms. The van der Waals surface area contributed by atoms with Crippen LogP contribution in [0, 0.1) is 0 Å². The Morgan fingerprint density at radius 1 is 0.875 bits per heavy atom. The van der Waals surface area contributed by atoms with Crippen molar-refractivity contribution in [2.75, 3.05) is 0 Å². The van der Waals surface area contributed by atoms with Gasteiger partial charge in [-0.05, 0) is 0 Å². The van der Waals surface area contributed by atoms with E-state index in [1.165, 1.54) is 24.3 Å². The molecule has 80 valence electrons. The summed E-state index contributed by atoms with van der Waals surface area (Å²) in [5.74, 6) is -0.563. The topological polar surface area (TPSA) is 34.1 Å². The summed E-state index contributed by atoms with van der Waals surface area (Å²) in [5.41, 5.74) is 0.956.